The number of hydrogen-bond donors (Lipinski definition) is 2. The van der Waals surface area contributed by atoms with Crippen LogP contribution in [0.5, 0.6) is 0 Å². The minimum absolute atomic E-state index is 0.866. The molecular weight excluding hydrogens is 268 g/mol. The maximum Gasteiger partial charge on any atom is -0.00235 e. The second kappa shape index (κ2) is 15.8. The van der Waals surface area contributed by atoms with Crippen molar-refractivity contribution in [2.75, 3.05) is 20.1 Å². The first-order valence-electron chi connectivity index (χ1n) is 10.0. The summed E-state index contributed by atoms with van der Waals surface area (Å²) in [4.78, 5) is 0. The van der Waals surface area contributed by atoms with Crippen molar-refractivity contribution in [2.45, 2.75) is 91.4 Å². The molecule has 0 saturated heterocycles. The third-order valence-electron chi connectivity index (χ3n) is 5.09. The van der Waals surface area contributed by atoms with Crippen molar-refractivity contribution in [3.05, 3.63) is 0 Å². The topological polar surface area (TPSA) is 38.0 Å². The normalized spacial score (nSPS) is 15.7. The van der Waals surface area contributed by atoms with E-state index >= 15 is 0 Å². The molecular formula is C20H44N2. The molecule has 0 amide bonds. The Kier molecular flexibility index (Phi) is 15.7. The Morgan fingerprint density at radius 1 is 0.773 bits per heavy atom. The Labute approximate surface area is 141 Å². The smallest absolute Gasteiger partial charge is 0.00235 e. The quantitative estimate of drug-likeness (QED) is 0.376. The van der Waals surface area contributed by atoms with Gasteiger partial charge in [0.2, 0.25) is 0 Å². The molecule has 0 saturated carbocycles. The molecule has 134 valence electrons. The van der Waals surface area contributed by atoms with Crippen LogP contribution in [0.25, 0.3) is 0 Å². The molecule has 0 radical (unpaired) electrons. The van der Waals surface area contributed by atoms with Gasteiger partial charge < -0.3 is 11.1 Å². The summed E-state index contributed by atoms with van der Waals surface area (Å²) in [7, 11) is 2.08. The van der Waals surface area contributed by atoms with Gasteiger partial charge in [0.05, 0.1) is 0 Å². The molecule has 0 aromatic heterocycles. The summed E-state index contributed by atoms with van der Waals surface area (Å²) in [5.41, 5.74) is 5.72. The molecule has 1 unspecified atom stereocenters. The van der Waals surface area contributed by atoms with Gasteiger partial charge in [-0.25, -0.2) is 0 Å². The molecule has 0 spiro atoms. The Morgan fingerprint density at radius 3 is 2.00 bits per heavy atom. The van der Waals surface area contributed by atoms with Crippen LogP contribution >= 0.6 is 0 Å². The van der Waals surface area contributed by atoms with Crippen LogP contribution in [0, 0.1) is 17.8 Å². The lowest BCUT2D eigenvalue weighted by Crippen LogP contribution is -2.19. The zero-order valence-corrected chi connectivity index (χ0v) is 16.0. The maximum atomic E-state index is 5.72. The third kappa shape index (κ3) is 12.5. The molecule has 0 aliphatic heterocycles. The minimum Gasteiger partial charge on any atom is -0.330 e. The lowest BCUT2D eigenvalue weighted by molar-refractivity contribution is 0.350. The average molecular weight is 313 g/mol. The molecule has 0 aromatic rings. The molecule has 3 atom stereocenters. The average Bonchev–Trinajstić information content (AvgIpc) is 2.50. The highest BCUT2D eigenvalue weighted by Crippen LogP contribution is 2.23. The molecule has 22 heavy (non-hydrogen) atoms. The summed E-state index contributed by atoms with van der Waals surface area (Å²) >= 11 is 0. The van der Waals surface area contributed by atoms with E-state index in [2.05, 4.69) is 33.1 Å². The van der Waals surface area contributed by atoms with E-state index in [9.17, 15) is 0 Å². The van der Waals surface area contributed by atoms with Crippen LogP contribution in [0.3, 0.4) is 0 Å². The highest BCUT2D eigenvalue weighted by atomic mass is 14.8. The minimum atomic E-state index is 0.866. The molecule has 2 nitrogen and oxygen atoms in total. The number of unbranched alkanes of at least 4 members (excludes halogenated alkanes) is 1. The maximum absolute atomic E-state index is 5.72. The SMILES string of the molecule is CCCC(CCN)CCCC[C@@H](C)CC[C@H](CCC)CNC. The van der Waals surface area contributed by atoms with Gasteiger partial charge in [0.25, 0.3) is 0 Å². The molecule has 0 fully saturated rings. The highest BCUT2D eigenvalue weighted by molar-refractivity contribution is 4.65. The van der Waals surface area contributed by atoms with Gasteiger partial charge in [0.15, 0.2) is 0 Å². The Balaban J connectivity index is 3.72. The zero-order chi connectivity index (χ0) is 16.6. The van der Waals surface area contributed by atoms with Crippen LogP contribution in [-0.2, 0) is 0 Å². The van der Waals surface area contributed by atoms with E-state index in [1.807, 2.05) is 0 Å². The summed E-state index contributed by atoms with van der Waals surface area (Å²) in [6.45, 7) is 9.11. The molecule has 0 aliphatic rings. The fourth-order valence-electron chi connectivity index (χ4n) is 3.71. The summed E-state index contributed by atoms with van der Waals surface area (Å²) in [6, 6.07) is 0. The summed E-state index contributed by atoms with van der Waals surface area (Å²) in [5, 5.41) is 3.35. The summed E-state index contributed by atoms with van der Waals surface area (Å²) in [6.07, 6.45) is 15.1. The van der Waals surface area contributed by atoms with Gasteiger partial charge >= 0.3 is 0 Å². The van der Waals surface area contributed by atoms with Crippen molar-refractivity contribution in [3.8, 4) is 0 Å². The standard InChI is InChI=1S/C20H44N2/c1-5-9-19(15-16-21)12-8-7-11-18(3)13-14-20(10-6-2)17-22-4/h18-20,22H,5-17,21H2,1-4H3/t18-,19?,20+/m1/s1. The van der Waals surface area contributed by atoms with Gasteiger partial charge in [-0.2, -0.15) is 0 Å². The van der Waals surface area contributed by atoms with E-state index in [4.69, 9.17) is 5.73 Å². The van der Waals surface area contributed by atoms with Crippen molar-refractivity contribution in [3.63, 3.8) is 0 Å². The van der Waals surface area contributed by atoms with Crippen molar-refractivity contribution < 1.29 is 0 Å². The van der Waals surface area contributed by atoms with Crippen LogP contribution in [0.15, 0.2) is 0 Å². The van der Waals surface area contributed by atoms with Crippen LogP contribution in [-0.4, -0.2) is 20.1 Å². The van der Waals surface area contributed by atoms with Crippen molar-refractivity contribution in [2.24, 2.45) is 23.5 Å². The van der Waals surface area contributed by atoms with Crippen molar-refractivity contribution in [1.29, 1.82) is 0 Å². The Hall–Kier alpha value is -0.0800. The van der Waals surface area contributed by atoms with Gasteiger partial charge in [-0.15, -0.1) is 0 Å². The molecule has 2 heteroatoms. The predicted octanol–water partition coefficient (Wildman–Crippen LogP) is 5.36. The molecule has 3 N–H and O–H groups in total. The summed E-state index contributed by atoms with van der Waals surface area (Å²) < 4.78 is 0. The first-order chi connectivity index (χ1) is 10.7. The van der Waals surface area contributed by atoms with Gasteiger partial charge in [0.1, 0.15) is 0 Å². The molecule has 0 rings (SSSR count). The molecule has 0 aromatic carbocycles. The number of nitrogens with two attached hydrogens (primary N) is 1. The highest BCUT2D eigenvalue weighted by Gasteiger charge is 2.11. The van der Waals surface area contributed by atoms with Crippen molar-refractivity contribution in [1.82, 2.24) is 5.32 Å². The van der Waals surface area contributed by atoms with Crippen LogP contribution in [0.4, 0.5) is 0 Å². The number of rotatable bonds is 16. The number of nitrogens with one attached hydrogen (secondary N) is 1. The molecule has 0 bridgehead atoms. The molecule has 0 heterocycles. The van der Waals surface area contributed by atoms with E-state index in [1.165, 1.54) is 77.2 Å². The van der Waals surface area contributed by atoms with Gasteiger partial charge in [-0.1, -0.05) is 72.1 Å². The Bertz CT molecular complexity index is 206. The van der Waals surface area contributed by atoms with Crippen LogP contribution < -0.4 is 11.1 Å². The molecule has 0 aliphatic carbocycles. The lowest BCUT2D eigenvalue weighted by atomic mass is 9.89. The van der Waals surface area contributed by atoms with Crippen molar-refractivity contribution >= 4 is 0 Å². The second-order valence-corrected chi connectivity index (χ2v) is 7.41. The van der Waals surface area contributed by atoms with E-state index in [0.29, 0.717) is 0 Å². The fourth-order valence-corrected chi connectivity index (χ4v) is 3.71. The van der Waals surface area contributed by atoms with Crippen LogP contribution in [0.1, 0.15) is 91.4 Å². The monoisotopic (exact) mass is 312 g/mol. The second-order valence-electron chi connectivity index (χ2n) is 7.41. The van der Waals surface area contributed by atoms with Gasteiger partial charge in [-0.3, -0.25) is 0 Å². The van der Waals surface area contributed by atoms with Crippen LogP contribution in [0.2, 0.25) is 0 Å². The largest absolute Gasteiger partial charge is 0.330 e. The van der Waals surface area contributed by atoms with E-state index < -0.39 is 0 Å². The zero-order valence-electron chi connectivity index (χ0n) is 16.0. The fraction of sp³-hybridized carbons (Fsp3) is 1.00. The number of hydrogen-bond acceptors (Lipinski definition) is 2. The third-order valence-corrected chi connectivity index (χ3v) is 5.09. The predicted molar refractivity (Wildman–Crippen MR) is 101 cm³/mol. The first kappa shape index (κ1) is 21.9. The van der Waals surface area contributed by atoms with Gasteiger partial charge in [-0.05, 0) is 57.2 Å². The van der Waals surface area contributed by atoms with E-state index in [-0.39, 0.29) is 0 Å². The summed E-state index contributed by atoms with van der Waals surface area (Å²) in [5.74, 6) is 2.67. The Morgan fingerprint density at radius 2 is 1.41 bits per heavy atom. The van der Waals surface area contributed by atoms with E-state index in [0.717, 1.165) is 24.3 Å². The van der Waals surface area contributed by atoms with E-state index in [1.54, 1.807) is 0 Å². The van der Waals surface area contributed by atoms with Gasteiger partial charge in [0, 0.05) is 0 Å². The first-order valence-corrected chi connectivity index (χ1v) is 10.0. The lowest BCUT2D eigenvalue weighted by Gasteiger charge is -2.19.